The lowest BCUT2D eigenvalue weighted by Gasteiger charge is -2.19. The van der Waals surface area contributed by atoms with Crippen LogP contribution in [0.15, 0.2) is 40.9 Å². The van der Waals surface area contributed by atoms with Gasteiger partial charge < -0.3 is 34.5 Å². The number of alkyl carbamates (subject to hydrolysis) is 2. The van der Waals surface area contributed by atoms with Gasteiger partial charge in [-0.25, -0.2) is 14.4 Å². The number of ether oxygens (including phenoxy) is 3. The highest BCUT2D eigenvalue weighted by atomic mass is 16.6. The minimum absolute atomic E-state index is 0.0491. The van der Waals surface area contributed by atoms with Crippen LogP contribution in [0.1, 0.15) is 32.8 Å². The van der Waals surface area contributed by atoms with E-state index < -0.39 is 36.3 Å². The van der Waals surface area contributed by atoms with Crippen molar-refractivity contribution in [3.63, 3.8) is 0 Å². The van der Waals surface area contributed by atoms with Crippen LogP contribution in [0.4, 0.5) is 15.5 Å². The first-order chi connectivity index (χ1) is 17.1. The summed E-state index contributed by atoms with van der Waals surface area (Å²) in [6.07, 6.45) is -0.728. The number of carboxylic acids is 1. The molecule has 1 atom stereocenters. The molecule has 1 heterocycles. The first-order valence-corrected chi connectivity index (χ1v) is 11.1. The largest absolute Gasteiger partial charge is 0.480 e. The van der Waals surface area contributed by atoms with E-state index in [1.165, 1.54) is 6.07 Å². The maximum Gasteiger partial charge on any atom is 0.408 e. The number of anilines is 1. The van der Waals surface area contributed by atoms with E-state index in [1.807, 2.05) is 6.07 Å². The van der Waals surface area contributed by atoms with Crippen LogP contribution in [0.5, 0.6) is 5.88 Å². The van der Waals surface area contributed by atoms with Crippen LogP contribution in [0.3, 0.4) is 0 Å². The Balaban J connectivity index is 1.80. The van der Waals surface area contributed by atoms with Gasteiger partial charge in [-0.2, -0.15) is 0 Å². The van der Waals surface area contributed by atoms with E-state index in [0.29, 0.717) is 19.4 Å². The smallest absolute Gasteiger partial charge is 0.408 e. The Morgan fingerprint density at radius 3 is 2.56 bits per heavy atom. The molecule has 0 fully saturated rings. The lowest BCUT2D eigenvalue weighted by atomic mass is 10.2. The molecule has 0 bridgehead atoms. The van der Waals surface area contributed by atoms with E-state index in [2.05, 4.69) is 15.8 Å². The Labute approximate surface area is 207 Å². The molecular formula is C23H30N4O9. The molecule has 3 N–H and O–H groups in total. The van der Waals surface area contributed by atoms with E-state index in [0.717, 1.165) is 10.5 Å². The number of nitrogens with one attached hydrogen (secondary N) is 2. The van der Waals surface area contributed by atoms with Crippen LogP contribution in [0.25, 0.3) is 0 Å². The zero-order valence-electron chi connectivity index (χ0n) is 20.3. The second-order valence-electron chi connectivity index (χ2n) is 8.49. The Morgan fingerprint density at radius 1 is 1.19 bits per heavy atom. The predicted molar refractivity (Wildman–Crippen MR) is 125 cm³/mol. The number of rotatable bonds is 13. The number of carboxylic acid groups (broad SMARTS) is 1. The van der Waals surface area contributed by atoms with Gasteiger partial charge in [-0.3, -0.25) is 9.69 Å². The number of carbonyl (C=O) groups is 4. The lowest BCUT2D eigenvalue weighted by Crippen LogP contribution is -2.48. The van der Waals surface area contributed by atoms with Gasteiger partial charge in [0.1, 0.15) is 18.2 Å². The Bertz CT molecular complexity index is 1000. The number of carbonyl (C=O) groups excluding carboxylic acids is 3. The van der Waals surface area contributed by atoms with Gasteiger partial charge in [-0.1, -0.05) is 30.3 Å². The highest BCUT2D eigenvalue weighted by Crippen LogP contribution is 2.20. The van der Waals surface area contributed by atoms with Crippen molar-refractivity contribution in [3.8, 4) is 5.88 Å². The standard InChI is InChI=1S/C23H30N4O9/c1-23(2,3)35-21(31)24-10-7-11-33-18-12-19(36-26-18)27(15-28)13-17(20(29)30)25-22(32)34-14-16-8-5-4-6-9-16/h4-6,8-9,12,15,17H,7,10-11,13-14H2,1-3H3,(H,24,31)(H,25,32)(H,29,30). The molecule has 13 nitrogen and oxygen atoms in total. The van der Waals surface area contributed by atoms with E-state index in [1.54, 1.807) is 45.0 Å². The fourth-order valence-corrected chi connectivity index (χ4v) is 2.68. The second kappa shape index (κ2) is 13.6. The number of amides is 3. The molecule has 1 aromatic carbocycles. The summed E-state index contributed by atoms with van der Waals surface area (Å²) in [7, 11) is 0. The summed E-state index contributed by atoms with van der Waals surface area (Å²) in [6.45, 7) is 5.24. The van der Waals surface area contributed by atoms with E-state index >= 15 is 0 Å². The minimum Gasteiger partial charge on any atom is -0.480 e. The molecule has 2 aromatic rings. The van der Waals surface area contributed by atoms with Crippen molar-refractivity contribution in [2.75, 3.05) is 24.6 Å². The SMILES string of the molecule is CC(C)(C)OC(=O)NCCCOc1cc(N(C=O)CC(NC(=O)OCc2ccccc2)C(=O)O)on1. The third-order valence-electron chi connectivity index (χ3n) is 4.31. The van der Waals surface area contributed by atoms with Gasteiger partial charge in [0.25, 0.3) is 5.88 Å². The van der Waals surface area contributed by atoms with Gasteiger partial charge in [-0.05, 0) is 37.9 Å². The molecule has 2 rings (SSSR count). The number of hydrogen-bond donors (Lipinski definition) is 3. The summed E-state index contributed by atoms with van der Waals surface area (Å²) in [5, 5.41) is 17.9. The first-order valence-electron chi connectivity index (χ1n) is 11.1. The molecule has 0 spiro atoms. The maximum atomic E-state index is 12.0. The van der Waals surface area contributed by atoms with Gasteiger partial charge in [0, 0.05) is 6.54 Å². The van der Waals surface area contributed by atoms with Crippen LogP contribution in [-0.4, -0.2) is 66.2 Å². The summed E-state index contributed by atoms with van der Waals surface area (Å²) in [5.74, 6) is -1.42. The maximum absolute atomic E-state index is 12.0. The lowest BCUT2D eigenvalue weighted by molar-refractivity contribution is -0.139. The summed E-state index contributed by atoms with van der Waals surface area (Å²) >= 11 is 0. The number of hydrogen-bond acceptors (Lipinski definition) is 9. The molecule has 1 unspecified atom stereocenters. The third-order valence-corrected chi connectivity index (χ3v) is 4.31. The van der Waals surface area contributed by atoms with E-state index in [4.69, 9.17) is 18.7 Å². The quantitative estimate of drug-likeness (QED) is 0.271. The molecule has 0 aliphatic rings. The zero-order valence-corrected chi connectivity index (χ0v) is 20.3. The topological polar surface area (TPSA) is 170 Å². The van der Waals surface area contributed by atoms with Crippen LogP contribution in [-0.2, 0) is 25.7 Å². The van der Waals surface area contributed by atoms with Crippen molar-refractivity contribution in [3.05, 3.63) is 42.0 Å². The van der Waals surface area contributed by atoms with Crippen molar-refractivity contribution < 1.29 is 43.0 Å². The summed E-state index contributed by atoms with van der Waals surface area (Å²) in [6, 6.07) is 8.66. The van der Waals surface area contributed by atoms with Gasteiger partial charge in [0.15, 0.2) is 0 Å². The molecule has 0 aliphatic heterocycles. The average Bonchev–Trinajstić information content (AvgIpc) is 3.28. The number of aliphatic carboxylic acids is 1. The normalized spacial score (nSPS) is 11.6. The highest BCUT2D eigenvalue weighted by molar-refractivity contribution is 5.82. The van der Waals surface area contributed by atoms with Gasteiger partial charge in [0.05, 0.1) is 19.2 Å². The van der Waals surface area contributed by atoms with Crippen molar-refractivity contribution in [2.24, 2.45) is 0 Å². The monoisotopic (exact) mass is 506 g/mol. The van der Waals surface area contributed by atoms with Crippen molar-refractivity contribution >= 4 is 30.5 Å². The van der Waals surface area contributed by atoms with E-state index in [9.17, 15) is 24.3 Å². The second-order valence-corrected chi connectivity index (χ2v) is 8.49. The molecule has 1 aromatic heterocycles. The minimum atomic E-state index is -1.48. The molecule has 3 amide bonds. The number of benzene rings is 1. The predicted octanol–water partition coefficient (Wildman–Crippen LogP) is 2.31. The van der Waals surface area contributed by atoms with E-state index in [-0.39, 0.29) is 25.0 Å². The Morgan fingerprint density at radius 2 is 1.92 bits per heavy atom. The molecule has 0 saturated heterocycles. The molecule has 36 heavy (non-hydrogen) atoms. The number of aromatic nitrogens is 1. The van der Waals surface area contributed by atoms with Gasteiger partial charge >= 0.3 is 18.2 Å². The van der Waals surface area contributed by atoms with Crippen LogP contribution < -0.4 is 20.3 Å². The fourth-order valence-electron chi connectivity index (χ4n) is 2.68. The third kappa shape index (κ3) is 10.3. The van der Waals surface area contributed by atoms with Gasteiger partial charge in [-0.15, -0.1) is 0 Å². The van der Waals surface area contributed by atoms with Gasteiger partial charge in [0.2, 0.25) is 12.3 Å². The summed E-state index contributed by atoms with van der Waals surface area (Å²) in [4.78, 5) is 47.7. The van der Waals surface area contributed by atoms with Crippen LogP contribution in [0.2, 0.25) is 0 Å². The Hall–Kier alpha value is -4.29. The molecule has 0 aliphatic carbocycles. The zero-order chi connectivity index (χ0) is 26.6. The summed E-state index contributed by atoms with van der Waals surface area (Å²) in [5.41, 5.74) is 0.128. The first kappa shape index (κ1) is 28.0. The molecule has 13 heteroatoms. The molecule has 0 radical (unpaired) electrons. The average molecular weight is 507 g/mol. The van der Waals surface area contributed by atoms with Crippen molar-refractivity contribution in [2.45, 2.75) is 45.4 Å². The Kier molecular flexibility index (Phi) is 10.5. The molecule has 0 saturated carbocycles. The summed E-state index contributed by atoms with van der Waals surface area (Å²) < 4.78 is 20.6. The van der Waals surface area contributed by atoms with Crippen molar-refractivity contribution in [1.29, 1.82) is 0 Å². The highest BCUT2D eigenvalue weighted by Gasteiger charge is 2.26. The fraction of sp³-hybridized carbons (Fsp3) is 0.435. The van der Waals surface area contributed by atoms with Crippen LogP contribution in [0, 0.1) is 0 Å². The van der Waals surface area contributed by atoms with Crippen molar-refractivity contribution in [1.82, 2.24) is 15.8 Å². The molecular weight excluding hydrogens is 476 g/mol. The van der Waals surface area contributed by atoms with Crippen LogP contribution >= 0.6 is 0 Å². The number of nitrogens with zero attached hydrogens (tertiary/aromatic N) is 2. The molecule has 196 valence electrons.